The van der Waals surface area contributed by atoms with E-state index in [4.69, 9.17) is 5.73 Å². The second-order valence-corrected chi connectivity index (χ2v) is 3.06. The average molecular weight is 206 g/mol. The Morgan fingerprint density at radius 1 is 1.67 bits per heavy atom. The van der Waals surface area contributed by atoms with Crippen LogP contribution in [0, 0.1) is 6.92 Å². The van der Waals surface area contributed by atoms with Crippen LogP contribution >= 0.6 is 0 Å². The van der Waals surface area contributed by atoms with Crippen LogP contribution in [0.5, 0.6) is 0 Å². The second kappa shape index (κ2) is 5.26. The number of esters is 1. The summed E-state index contributed by atoms with van der Waals surface area (Å²) in [6.07, 6.45) is 5.31. The van der Waals surface area contributed by atoms with E-state index in [1.807, 2.05) is 25.1 Å². The first-order valence-corrected chi connectivity index (χ1v) is 4.60. The van der Waals surface area contributed by atoms with E-state index in [0.717, 1.165) is 11.1 Å². The summed E-state index contributed by atoms with van der Waals surface area (Å²) in [4.78, 5) is 15.3. The van der Waals surface area contributed by atoms with Gasteiger partial charge in [0.05, 0.1) is 7.11 Å². The smallest absolute Gasteiger partial charge is 0.356 e. The molecule has 0 radical (unpaired) electrons. The molecule has 0 atom stereocenters. The van der Waals surface area contributed by atoms with Crippen LogP contribution in [0.3, 0.4) is 0 Å². The molecule has 0 aliphatic heterocycles. The maximum atomic E-state index is 11.2. The molecular weight excluding hydrogens is 192 g/mol. The van der Waals surface area contributed by atoms with Gasteiger partial charge in [-0.3, -0.25) is 0 Å². The predicted molar refractivity (Wildman–Crippen MR) is 58.4 cm³/mol. The first-order chi connectivity index (χ1) is 7.19. The molecule has 1 aromatic rings. The number of hydrogen-bond acceptors (Lipinski definition) is 4. The fraction of sp³-hybridized carbons (Fsp3) is 0.273. The topological polar surface area (TPSA) is 65.2 Å². The highest BCUT2D eigenvalue weighted by atomic mass is 16.5. The Kier molecular flexibility index (Phi) is 4.00. The fourth-order valence-corrected chi connectivity index (χ4v) is 1.20. The highest BCUT2D eigenvalue weighted by Gasteiger charge is 2.10. The highest BCUT2D eigenvalue weighted by molar-refractivity contribution is 5.88. The zero-order valence-electron chi connectivity index (χ0n) is 8.86. The standard InChI is InChI=1S/C11H14N2O2/c1-8-6-9(4-3-5-12)7-13-10(8)11(14)15-2/h3-4,6-7H,5,12H2,1-2H3. The van der Waals surface area contributed by atoms with Crippen molar-refractivity contribution in [3.63, 3.8) is 0 Å². The number of nitrogens with two attached hydrogens (primary N) is 1. The minimum Gasteiger partial charge on any atom is -0.464 e. The number of carbonyl (C=O) groups is 1. The molecule has 0 saturated carbocycles. The number of aromatic nitrogens is 1. The van der Waals surface area contributed by atoms with Crippen molar-refractivity contribution in [2.24, 2.45) is 5.73 Å². The van der Waals surface area contributed by atoms with Crippen LogP contribution in [0.15, 0.2) is 18.3 Å². The van der Waals surface area contributed by atoms with E-state index in [1.165, 1.54) is 7.11 Å². The lowest BCUT2D eigenvalue weighted by atomic mass is 10.1. The number of pyridine rings is 1. The van der Waals surface area contributed by atoms with Gasteiger partial charge in [0.1, 0.15) is 0 Å². The van der Waals surface area contributed by atoms with E-state index in [9.17, 15) is 4.79 Å². The molecule has 0 aromatic carbocycles. The zero-order chi connectivity index (χ0) is 11.3. The molecule has 2 N–H and O–H groups in total. The molecule has 0 unspecified atom stereocenters. The van der Waals surface area contributed by atoms with Gasteiger partial charge in [0, 0.05) is 12.7 Å². The maximum Gasteiger partial charge on any atom is 0.356 e. The van der Waals surface area contributed by atoms with Gasteiger partial charge in [0.2, 0.25) is 0 Å². The molecule has 1 aromatic heterocycles. The summed E-state index contributed by atoms with van der Waals surface area (Å²) in [5.74, 6) is -0.415. The molecule has 80 valence electrons. The van der Waals surface area contributed by atoms with Crippen LogP contribution in [0.1, 0.15) is 21.6 Å². The average Bonchev–Trinajstić information content (AvgIpc) is 2.25. The molecule has 1 rings (SSSR count). The zero-order valence-corrected chi connectivity index (χ0v) is 8.86. The van der Waals surface area contributed by atoms with Crippen LogP contribution in [-0.4, -0.2) is 24.6 Å². The molecule has 1 heterocycles. The number of nitrogens with zero attached hydrogens (tertiary/aromatic N) is 1. The Morgan fingerprint density at radius 3 is 2.93 bits per heavy atom. The van der Waals surface area contributed by atoms with Crippen LogP contribution in [0.25, 0.3) is 6.08 Å². The lowest BCUT2D eigenvalue weighted by molar-refractivity contribution is 0.0593. The first-order valence-electron chi connectivity index (χ1n) is 4.60. The van der Waals surface area contributed by atoms with Gasteiger partial charge in [-0.25, -0.2) is 9.78 Å². The lowest BCUT2D eigenvalue weighted by Crippen LogP contribution is -2.06. The Labute approximate surface area is 88.8 Å². The van der Waals surface area contributed by atoms with Gasteiger partial charge in [0.15, 0.2) is 5.69 Å². The number of rotatable bonds is 3. The molecule has 4 nitrogen and oxygen atoms in total. The number of hydrogen-bond donors (Lipinski definition) is 1. The summed E-state index contributed by atoms with van der Waals surface area (Å²) in [7, 11) is 1.34. The minimum absolute atomic E-state index is 0.349. The van der Waals surface area contributed by atoms with Crippen molar-refractivity contribution in [2.75, 3.05) is 13.7 Å². The van der Waals surface area contributed by atoms with Gasteiger partial charge in [0.25, 0.3) is 0 Å². The highest BCUT2D eigenvalue weighted by Crippen LogP contribution is 2.09. The third-order valence-corrected chi connectivity index (χ3v) is 1.92. The van der Waals surface area contributed by atoms with Crippen molar-refractivity contribution >= 4 is 12.0 Å². The van der Waals surface area contributed by atoms with Crippen molar-refractivity contribution in [2.45, 2.75) is 6.92 Å². The van der Waals surface area contributed by atoms with E-state index in [2.05, 4.69) is 9.72 Å². The molecule has 0 saturated heterocycles. The summed E-state index contributed by atoms with van der Waals surface area (Å²) in [6.45, 7) is 2.30. The largest absolute Gasteiger partial charge is 0.464 e. The Hall–Kier alpha value is -1.68. The monoisotopic (exact) mass is 206 g/mol. The van der Waals surface area contributed by atoms with Gasteiger partial charge in [-0.1, -0.05) is 12.2 Å². The Balaban J connectivity index is 2.98. The van der Waals surface area contributed by atoms with E-state index >= 15 is 0 Å². The Bertz CT molecular complexity index is 386. The number of methoxy groups -OCH3 is 1. The summed E-state index contributed by atoms with van der Waals surface area (Å²) < 4.78 is 4.60. The number of carbonyl (C=O) groups excluding carboxylic acids is 1. The van der Waals surface area contributed by atoms with Crippen molar-refractivity contribution in [1.82, 2.24) is 4.98 Å². The predicted octanol–water partition coefficient (Wildman–Crippen LogP) is 1.15. The summed E-state index contributed by atoms with van der Waals surface area (Å²) >= 11 is 0. The quantitative estimate of drug-likeness (QED) is 0.753. The summed E-state index contributed by atoms with van der Waals surface area (Å²) in [6, 6.07) is 1.87. The van der Waals surface area contributed by atoms with Crippen LogP contribution < -0.4 is 5.73 Å². The van der Waals surface area contributed by atoms with Gasteiger partial charge in [-0.05, 0) is 24.1 Å². The number of aryl methyl sites for hydroxylation is 1. The molecule has 0 bridgehead atoms. The number of ether oxygens (including phenoxy) is 1. The molecule has 4 heteroatoms. The first kappa shape index (κ1) is 11.4. The summed E-state index contributed by atoms with van der Waals surface area (Å²) in [5.41, 5.74) is 7.40. The van der Waals surface area contributed by atoms with E-state index in [-0.39, 0.29) is 0 Å². The molecular formula is C11H14N2O2. The minimum atomic E-state index is -0.415. The maximum absolute atomic E-state index is 11.2. The summed E-state index contributed by atoms with van der Waals surface area (Å²) in [5, 5.41) is 0. The SMILES string of the molecule is COC(=O)c1ncc(C=CCN)cc1C. The molecule has 0 fully saturated rings. The normalized spacial score (nSPS) is 10.6. The van der Waals surface area contributed by atoms with Gasteiger partial charge in [-0.15, -0.1) is 0 Å². The molecule has 0 amide bonds. The van der Waals surface area contributed by atoms with Crippen molar-refractivity contribution in [3.8, 4) is 0 Å². The van der Waals surface area contributed by atoms with Gasteiger partial charge < -0.3 is 10.5 Å². The Morgan fingerprint density at radius 2 is 2.40 bits per heavy atom. The molecule has 0 aliphatic rings. The van der Waals surface area contributed by atoms with Crippen molar-refractivity contribution < 1.29 is 9.53 Å². The van der Waals surface area contributed by atoms with Crippen LogP contribution in [0.4, 0.5) is 0 Å². The third kappa shape index (κ3) is 2.89. The van der Waals surface area contributed by atoms with Gasteiger partial charge >= 0.3 is 5.97 Å². The van der Waals surface area contributed by atoms with E-state index in [0.29, 0.717) is 12.2 Å². The third-order valence-electron chi connectivity index (χ3n) is 1.92. The van der Waals surface area contributed by atoms with Gasteiger partial charge in [-0.2, -0.15) is 0 Å². The van der Waals surface area contributed by atoms with Crippen LogP contribution in [0.2, 0.25) is 0 Å². The van der Waals surface area contributed by atoms with Crippen molar-refractivity contribution in [3.05, 3.63) is 35.2 Å². The second-order valence-electron chi connectivity index (χ2n) is 3.06. The molecule has 0 spiro atoms. The van der Waals surface area contributed by atoms with Crippen molar-refractivity contribution in [1.29, 1.82) is 0 Å². The fourth-order valence-electron chi connectivity index (χ4n) is 1.20. The van der Waals surface area contributed by atoms with E-state index < -0.39 is 5.97 Å². The molecule has 15 heavy (non-hydrogen) atoms. The van der Waals surface area contributed by atoms with E-state index in [1.54, 1.807) is 6.20 Å². The molecule has 0 aliphatic carbocycles. The van der Waals surface area contributed by atoms with Crippen LogP contribution in [-0.2, 0) is 4.74 Å². The lowest BCUT2D eigenvalue weighted by Gasteiger charge is -2.03.